The highest BCUT2D eigenvalue weighted by Gasteiger charge is 2.10. The maximum atomic E-state index is 8.87. The van der Waals surface area contributed by atoms with Crippen molar-refractivity contribution in [3.8, 4) is 11.5 Å². The van der Waals surface area contributed by atoms with Crippen LogP contribution >= 0.6 is 15.9 Å². The van der Waals surface area contributed by atoms with Gasteiger partial charge in [-0.05, 0) is 47.0 Å². The number of hydrogen-bond donors (Lipinski definition) is 1. The largest absolute Gasteiger partial charge is 0.492 e. The van der Waals surface area contributed by atoms with Crippen LogP contribution in [0.5, 0.6) is 11.5 Å². The van der Waals surface area contributed by atoms with Crippen LogP contribution in [0.4, 0.5) is 0 Å². The van der Waals surface area contributed by atoms with Gasteiger partial charge in [-0.1, -0.05) is 0 Å². The first-order valence-electron chi connectivity index (χ1n) is 4.83. The minimum atomic E-state index is 0.129. The average molecular weight is 275 g/mol. The summed E-state index contributed by atoms with van der Waals surface area (Å²) in [5, 5.41) is 8.87. The minimum Gasteiger partial charge on any atom is -0.492 e. The third-order valence-electron chi connectivity index (χ3n) is 1.97. The second kappa shape index (κ2) is 5.98. The molecule has 0 amide bonds. The van der Waals surface area contributed by atoms with Gasteiger partial charge in [0.1, 0.15) is 0 Å². The molecule has 1 rings (SSSR count). The molecule has 0 atom stereocenters. The Morgan fingerprint density at radius 2 is 2.13 bits per heavy atom. The molecule has 1 aromatic carbocycles. The lowest BCUT2D eigenvalue weighted by Crippen LogP contribution is -1.99. The molecule has 0 bridgehead atoms. The summed E-state index contributed by atoms with van der Waals surface area (Å²) in [5.41, 5.74) is 1.02. The molecule has 0 heterocycles. The Kier molecular flexibility index (Phi) is 4.91. The van der Waals surface area contributed by atoms with Crippen molar-refractivity contribution in [1.29, 1.82) is 0 Å². The quantitative estimate of drug-likeness (QED) is 0.896. The van der Waals surface area contributed by atoms with Crippen molar-refractivity contribution < 1.29 is 14.6 Å². The fraction of sp³-hybridized carbons (Fsp3) is 0.455. The van der Waals surface area contributed by atoms with Gasteiger partial charge in [0.25, 0.3) is 0 Å². The number of ether oxygens (including phenoxy) is 2. The summed E-state index contributed by atoms with van der Waals surface area (Å²) in [6.45, 7) is 2.64. The predicted molar refractivity (Wildman–Crippen MR) is 62.7 cm³/mol. The van der Waals surface area contributed by atoms with Gasteiger partial charge in [0.15, 0.2) is 11.5 Å². The molecule has 0 aliphatic rings. The molecule has 0 aliphatic carbocycles. The second-order valence-corrected chi connectivity index (χ2v) is 3.87. The van der Waals surface area contributed by atoms with E-state index in [0.717, 1.165) is 10.0 Å². The van der Waals surface area contributed by atoms with Gasteiger partial charge >= 0.3 is 0 Å². The predicted octanol–water partition coefficient (Wildman–Crippen LogP) is 2.39. The molecular weight excluding hydrogens is 260 g/mol. The Labute approximate surface area is 98.1 Å². The van der Waals surface area contributed by atoms with Gasteiger partial charge in [-0.3, -0.25) is 0 Å². The van der Waals surface area contributed by atoms with E-state index >= 15 is 0 Å². The van der Waals surface area contributed by atoms with E-state index in [9.17, 15) is 0 Å². The van der Waals surface area contributed by atoms with Crippen LogP contribution in [0.2, 0.25) is 0 Å². The highest BCUT2D eigenvalue weighted by molar-refractivity contribution is 9.10. The van der Waals surface area contributed by atoms with E-state index in [1.807, 2.05) is 19.1 Å². The van der Waals surface area contributed by atoms with Crippen molar-refractivity contribution in [1.82, 2.24) is 0 Å². The van der Waals surface area contributed by atoms with E-state index in [1.165, 1.54) is 0 Å². The molecule has 1 N–H and O–H groups in total. The summed E-state index contributed by atoms with van der Waals surface area (Å²) in [7, 11) is 1.61. The van der Waals surface area contributed by atoms with E-state index in [2.05, 4.69) is 15.9 Å². The molecule has 1 aromatic rings. The Bertz CT molecular complexity index is 326. The molecule has 0 fully saturated rings. The maximum Gasteiger partial charge on any atom is 0.174 e. The van der Waals surface area contributed by atoms with Crippen LogP contribution in [0.1, 0.15) is 12.5 Å². The summed E-state index contributed by atoms with van der Waals surface area (Å²) in [5.74, 6) is 1.40. The Hall–Kier alpha value is -0.740. The first-order chi connectivity index (χ1) is 7.22. The number of aliphatic hydroxyl groups is 1. The number of benzene rings is 1. The van der Waals surface area contributed by atoms with Crippen molar-refractivity contribution in [2.24, 2.45) is 0 Å². The van der Waals surface area contributed by atoms with Crippen molar-refractivity contribution in [2.45, 2.75) is 13.3 Å². The van der Waals surface area contributed by atoms with Crippen LogP contribution in [0.3, 0.4) is 0 Å². The molecule has 0 aliphatic heterocycles. The lowest BCUT2D eigenvalue weighted by Gasteiger charge is -2.12. The Morgan fingerprint density at radius 3 is 2.67 bits per heavy atom. The molecule has 84 valence electrons. The van der Waals surface area contributed by atoms with Gasteiger partial charge in [0.2, 0.25) is 0 Å². The van der Waals surface area contributed by atoms with Crippen molar-refractivity contribution in [3.63, 3.8) is 0 Å². The second-order valence-electron chi connectivity index (χ2n) is 3.02. The number of rotatable bonds is 5. The topological polar surface area (TPSA) is 38.7 Å². The van der Waals surface area contributed by atoms with Gasteiger partial charge in [-0.25, -0.2) is 0 Å². The molecule has 15 heavy (non-hydrogen) atoms. The van der Waals surface area contributed by atoms with E-state index in [0.29, 0.717) is 24.5 Å². The highest BCUT2D eigenvalue weighted by Crippen LogP contribution is 2.36. The zero-order chi connectivity index (χ0) is 11.3. The fourth-order valence-corrected chi connectivity index (χ4v) is 2.01. The van der Waals surface area contributed by atoms with E-state index in [4.69, 9.17) is 14.6 Å². The van der Waals surface area contributed by atoms with Crippen LogP contribution in [-0.2, 0) is 6.42 Å². The lowest BCUT2D eigenvalue weighted by molar-refractivity contribution is 0.296. The fourth-order valence-electron chi connectivity index (χ4n) is 1.36. The summed E-state index contributed by atoms with van der Waals surface area (Å²) in [6, 6.07) is 3.82. The first-order valence-corrected chi connectivity index (χ1v) is 5.62. The van der Waals surface area contributed by atoms with Gasteiger partial charge in [-0.15, -0.1) is 0 Å². The first kappa shape index (κ1) is 12.3. The Morgan fingerprint density at radius 1 is 1.40 bits per heavy atom. The van der Waals surface area contributed by atoms with E-state index in [1.54, 1.807) is 7.11 Å². The molecule has 4 heteroatoms. The van der Waals surface area contributed by atoms with E-state index < -0.39 is 0 Å². The van der Waals surface area contributed by atoms with Gasteiger partial charge in [-0.2, -0.15) is 0 Å². The van der Waals surface area contributed by atoms with Crippen LogP contribution in [-0.4, -0.2) is 25.4 Å². The van der Waals surface area contributed by atoms with Gasteiger partial charge in [0, 0.05) is 6.61 Å². The monoisotopic (exact) mass is 274 g/mol. The molecule has 0 aromatic heterocycles. The molecule has 0 saturated heterocycles. The Balaban J connectivity index is 3.07. The third kappa shape index (κ3) is 3.11. The normalized spacial score (nSPS) is 10.1. The standard InChI is InChI=1S/C11H15BrO3/c1-3-15-10-7-8(4-5-13)6-9(12)11(10)14-2/h6-7,13H,3-5H2,1-2H3. The van der Waals surface area contributed by atoms with Gasteiger partial charge < -0.3 is 14.6 Å². The van der Waals surface area contributed by atoms with Crippen LogP contribution < -0.4 is 9.47 Å². The third-order valence-corrected chi connectivity index (χ3v) is 2.56. The lowest BCUT2D eigenvalue weighted by atomic mass is 10.1. The maximum absolute atomic E-state index is 8.87. The van der Waals surface area contributed by atoms with Crippen LogP contribution in [0.25, 0.3) is 0 Å². The molecule has 0 saturated carbocycles. The summed E-state index contributed by atoms with van der Waals surface area (Å²) < 4.78 is 11.5. The number of methoxy groups -OCH3 is 1. The van der Waals surface area contributed by atoms with Crippen LogP contribution in [0.15, 0.2) is 16.6 Å². The number of aliphatic hydroxyl groups excluding tert-OH is 1. The molecule has 0 radical (unpaired) electrons. The summed E-state index contributed by atoms with van der Waals surface area (Å²) in [4.78, 5) is 0. The van der Waals surface area contributed by atoms with E-state index in [-0.39, 0.29) is 6.61 Å². The molecule has 0 unspecified atom stereocenters. The molecule has 0 spiro atoms. The number of halogens is 1. The summed E-state index contributed by atoms with van der Waals surface area (Å²) in [6.07, 6.45) is 0.614. The summed E-state index contributed by atoms with van der Waals surface area (Å²) >= 11 is 3.41. The van der Waals surface area contributed by atoms with Crippen LogP contribution in [0, 0.1) is 0 Å². The smallest absolute Gasteiger partial charge is 0.174 e. The van der Waals surface area contributed by atoms with Crippen molar-refractivity contribution in [2.75, 3.05) is 20.3 Å². The van der Waals surface area contributed by atoms with Gasteiger partial charge in [0.05, 0.1) is 18.2 Å². The minimum absolute atomic E-state index is 0.129. The number of hydrogen-bond acceptors (Lipinski definition) is 3. The van der Waals surface area contributed by atoms with Crippen molar-refractivity contribution >= 4 is 15.9 Å². The zero-order valence-electron chi connectivity index (χ0n) is 8.92. The average Bonchev–Trinajstić information content (AvgIpc) is 2.18. The molecular formula is C11H15BrO3. The highest BCUT2D eigenvalue weighted by atomic mass is 79.9. The molecule has 3 nitrogen and oxygen atoms in total. The van der Waals surface area contributed by atoms with Crippen molar-refractivity contribution in [3.05, 3.63) is 22.2 Å². The zero-order valence-corrected chi connectivity index (χ0v) is 10.5. The SMILES string of the molecule is CCOc1cc(CCO)cc(Br)c1OC.